The average Bonchev–Trinajstić information content (AvgIpc) is 3.50. The number of aromatic nitrogens is 4. The number of rotatable bonds is 8. The smallest absolute Gasteiger partial charge is 0.0893 e. The first-order chi connectivity index (χ1) is 26.1. The van der Waals surface area contributed by atoms with Crippen LogP contribution in [0.3, 0.4) is 0 Å². The normalized spacial score (nSPS) is 13.2. The maximum Gasteiger partial charge on any atom is 0.0893 e. The highest BCUT2D eigenvalue weighted by atomic mass is 14.8. The highest BCUT2D eigenvalue weighted by Gasteiger charge is 2.40. The van der Waals surface area contributed by atoms with Crippen LogP contribution in [0.25, 0.3) is 80.0 Å². The molecular formula is C49H38N4. The Kier molecular flexibility index (Phi) is 8.28. The van der Waals surface area contributed by atoms with Crippen LogP contribution in [0.5, 0.6) is 0 Å². The van der Waals surface area contributed by atoms with Crippen LogP contribution < -0.4 is 0 Å². The van der Waals surface area contributed by atoms with Gasteiger partial charge >= 0.3 is 0 Å². The lowest BCUT2D eigenvalue weighted by Gasteiger charge is -2.30. The van der Waals surface area contributed by atoms with Crippen molar-refractivity contribution in [2.45, 2.75) is 32.1 Å². The van der Waals surface area contributed by atoms with Crippen LogP contribution >= 0.6 is 0 Å². The molecule has 1 aliphatic rings. The number of fused-ring (bicyclic) bond motifs is 5. The molecule has 4 aromatic heterocycles. The summed E-state index contributed by atoms with van der Waals surface area (Å²) >= 11 is 0. The van der Waals surface area contributed by atoms with E-state index >= 15 is 0 Å². The highest BCUT2D eigenvalue weighted by molar-refractivity contribution is 5.86. The summed E-state index contributed by atoms with van der Waals surface area (Å²) in [7, 11) is 0. The molecule has 0 spiro atoms. The van der Waals surface area contributed by atoms with E-state index in [4.69, 9.17) is 19.9 Å². The van der Waals surface area contributed by atoms with E-state index in [0.717, 1.165) is 68.6 Å². The Morgan fingerprint density at radius 1 is 0.434 bits per heavy atom. The lowest BCUT2D eigenvalue weighted by Crippen LogP contribution is -2.23. The molecule has 9 rings (SSSR count). The van der Waals surface area contributed by atoms with Crippen LogP contribution in [0.1, 0.15) is 60.1 Å². The van der Waals surface area contributed by atoms with Gasteiger partial charge in [0.2, 0.25) is 0 Å². The van der Waals surface area contributed by atoms with E-state index in [9.17, 15) is 0 Å². The zero-order valence-corrected chi connectivity index (χ0v) is 29.9. The number of hydrogen-bond donors (Lipinski definition) is 0. The van der Waals surface area contributed by atoms with Gasteiger partial charge in [0, 0.05) is 28.6 Å². The predicted molar refractivity (Wildman–Crippen MR) is 221 cm³/mol. The molecule has 0 saturated carbocycles. The van der Waals surface area contributed by atoms with Crippen molar-refractivity contribution in [3.63, 3.8) is 0 Å². The van der Waals surface area contributed by atoms with Gasteiger partial charge in [-0.05, 0) is 93.7 Å². The number of benzene rings is 4. The summed E-state index contributed by atoms with van der Waals surface area (Å²) in [6.07, 6.45) is 14.6. The maximum absolute atomic E-state index is 4.81. The van der Waals surface area contributed by atoms with Gasteiger partial charge in [-0.2, -0.15) is 0 Å². The third kappa shape index (κ3) is 6.02. The fourth-order valence-electron chi connectivity index (χ4n) is 7.86. The number of pyridine rings is 4. The minimum atomic E-state index is -0.0372. The van der Waals surface area contributed by atoms with Gasteiger partial charge in [0.05, 0.1) is 33.8 Å². The van der Waals surface area contributed by atoms with Crippen molar-refractivity contribution in [2.75, 3.05) is 0 Å². The van der Waals surface area contributed by atoms with Crippen LogP contribution in [0.15, 0.2) is 146 Å². The molecule has 4 aromatic carbocycles. The summed E-state index contributed by atoms with van der Waals surface area (Å²) in [6, 6.07) is 46.8. The van der Waals surface area contributed by atoms with Gasteiger partial charge in [0.15, 0.2) is 0 Å². The molecule has 0 radical (unpaired) electrons. The highest BCUT2D eigenvalue weighted by Crippen LogP contribution is 2.53. The van der Waals surface area contributed by atoms with Crippen LogP contribution in [0, 0.1) is 0 Å². The second kappa shape index (κ2) is 13.6. The van der Waals surface area contributed by atoms with Gasteiger partial charge in [-0.25, -0.2) is 9.97 Å². The van der Waals surface area contributed by atoms with E-state index in [1.807, 2.05) is 60.9 Å². The van der Waals surface area contributed by atoms with Crippen LogP contribution in [0.4, 0.5) is 0 Å². The van der Waals surface area contributed by atoms with E-state index < -0.39 is 0 Å². The molecule has 0 bridgehead atoms. The topological polar surface area (TPSA) is 51.6 Å². The fourth-order valence-corrected chi connectivity index (χ4v) is 7.86. The molecule has 0 N–H and O–H groups in total. The Balaban J connectivity index is 0.937. The second-order valence-electron chi connectivity index (χ2n) is 13.8. The molecule has 0 fully saturated rings. The summed E-state index contributed by atoms with van der Waals surface area (Å²) in [4.78, 5) is 19.1. The molecule has 254 valence electrons. The predicted octanol–water partition coefficient (Wildman–Crippen LogP) is 12.3. The molecule has 0 atom stereocenters. The van der Waals surface area contributed by atoms with Crippen molar-refractivity contribution < 1.29 is 0 Å². The number of nitrogens with zero attached hydrogens (tertiary/aromatic N) is 4. The monoisotopic (exact) mass is 682 g/mol. The van der Waals surface area contributed by atoms with Gasteiger partial charge in [-0.3, -0.25) is 9.97 Å². The van der Waals surface area contributed by atoms with Crippen molar-refractivity contribution in [3.8, 4) is 33.9 Å². The van der Waals surface area contributed by atoms with Crippen LogP contribution in [0.2, 0.25) is 0 Å². The Hall–Kier alpha value is -6.52. The molecule has 4 heterocycles. The zero-order valence-electron chi connectivity index (χ0n) is 29.9. The van der Waals surface area contributed by atoms with Crippen LogP contribution in [-0.2, 0) is 5.41 Å². The Labute approximate surface area is 310 Å². The number of para-hydroxylation sites is 2. The van der Waals surface area contributed by atoms with Gasteiger partial charge in [0.25, 0.3) is 0 Å². The summed E-state index contributed by atoms with van der Waals surface area (Å²) < 4.78 is 0. The summed E-state index contributed by atoms with van der Waals surface area (Å²) in [6.45, 7) is 4.64. The first-order valence-corrected chi connectivity index (χ1v) is 18.4. The Bertz CT molecular complexity index is 2500. The van der Waals surface area contributed by atoms with Crippen molar-refractivity contribution >= 4 is 46.1 Å². The quantitative estimate of drug-likeness (QED) is 0.160. The first-order valence-electron chi connectivity index (χ1n) is 18.4. The summed E-state index contributed by atoms with van der Waals surface area (Å²) in [5.41, 5.74) is 15.4. The van der Waals surface area contributed by atoms with Crippen molar-refractivity contribution in [3.05, 3.63) is 179 Å². The molecule has 0 saturated heterocycles. The minimum Gasteiger partial charge on any atom is -0.254 e. The van der Waals surface area contributed by atoms with Gasteiger partial charge in [-0.1, -0.05) is 135 Å². The lowest BCUT2D eigenvalue weighted by molar-refractivity contribution is 0.490. The SMILES string of the molecule is CCC1(CC)c2cc(C=Cc3ccc(-c4ccc5ccccc5n4)nc3)ccc2-c2ccc(C=Cc3ccc(-c4ccc5ccccc5n4)nc3)cc21. The van der Waals surface area contributed by atoms with E-state index in [2.05, 4.69) is 123 Å². The maximum atomic E-state index is 4.81. The summed E-state index contributed by atoms with van der Waals surface area (Å²) in [5, 5.41) is 2.26. The van der Waals surface area contributed by atoms with Gasteiger partial charge in [-0.15, -0.1) is 0 Å². The fraction of sp³-hybridized carbons (Fsp3) is 0.102. The molecule has 1 aliphatic carbocycles. The standard InChI is InChI=1S/C49H38N4/c1-3-49(4-2)41-29-33(13-15-35-19-25-45(50-31-35)47-27-21-37-9-5-7-11-43(37)52-47)17-23-39(41)40-24-18-34(30-42(40)49)14-16-36-20-26-46(51-32-36)48-28-22-38-10-6-8-12-44(38)53-48/h5-32H,3-4H2,1-2H3. The third-order valence-electron chi connectivity index (χ3n) is 10.8. The average molecular weight is 683 g/mol. The molecule has 0 aliphatic heterocycles. The lowest BCUT2D eigenvalue weighted by atomic mass is 9.73. The molecule has 0 amide bonds. The number of hydrogen-bond acceptors (Lipinski definition) is 4. The molecule has 0 unspecified atom stereocenters. The Morgan fingerprint density at radius 3 is 1.28 bits per heavy atom. The molecule has 4 heteroatoms. The Morgan fingerprint density at radius 2 is 0.849 bits per heavy atom. The van der Waals surface area contributed by atoms with Crippen LogP contribution in [-0.4, -0.2) is 19.9 Å². The first kappa shape index (κ1) is 32.4. The van der Waals surface area contributed by atoms with E-state index in [-0.39, 0.29) is 5.41 Å². The summed E-state index contributed by atoms with van der Waals surface area (Å²) in [5.74, 6) is 0. The zero-order chi connectivity index (χ0) is 35.8. The van der Waals surface area contributed by atoms with E-state index in [1.54, 1.807) is 0 Å². The molecular weight excluding hydrogens is 645 g/mol. The molecule has 8 aromatic rings. The van der Waals surface area contributed by atoms with Gasteiger partial charge < -0.3 is 0 Å². The van der Waals surface area contributed by atoms with E-state index in [0.29, 0.717) is 0 Å². The molecule has 4 nitrogen and oxygen atoms in total. The van der Waals surface area contributed by atoms with Gasteiger partial charge in [0.1, 0.15) is 0 Å². The third-order valence-corrected chi connectivity index (χ3v) is 10.8. The van der Waals surface area contributed by atoms with Crippen molar-refractivity contribution in [1.29, 1.82) is 0 Å². The minimum absolute atomic E-state index is 0.0372. The molecule has 53 heavy (non-hydrogen) atoms. The van der Waals surface area contributed by atoms with E-state index in [1.165, 1.54) is 33.4 Å². The van der Waals surface area contributed by atoms with Crippen molar-refractivity contribution in [2.24, 2.45) is 0 Å². The largest absolute Gasteiger partial charge is 0.254 e. The second-order valence-corrected chi connectivity index (χ2v) is 13.8. The van der Waals surface area contributed by atoms with Crippen molar-refractivity contribution in [1.82, 2.24) is 19.9 Å².